The molecule has 2 aromatic carbocycles. The summed E-state index contributed by atoms with van der Waals surface area (Å²) in [6.07, 6.45) is 3.72. The van der Waals surface area contributed by atoms with Gasteiger partial charge in [0.05, 0.1) is 17.0 Å². The van der Waals surface area contributed by atoms with Gasteiger partial charge in [-0.3, -0.25) is 0 Å². The topological polar surface area (TPSA) is 56.0 Å². The lowest BCUT2D eigenvalue weighted by Crippen LogP contribution is -1.93. The number of hydrogen-bond acceptors (Lipinski definition) is 5. The molecule has 1 unspecified atom stereocenters. The number of nitrogens with zero attached hydrogens (tertiary/aromatic N) is 1. The molecule has 0 aliphatic carbocycles. The van der Waals surface area contributed by atoms with Crippen LogP contribution in [0.1, 0.15) is 10.6 Å². The number of thioether (sulfide) groups is 1. The molecule has 3 nitrogen and oxygen atoms in total. The molecule has 0 radical (unpaired) electrons. The van der Waals surface area contributed by atoms with Crippen LogP contribution in [0.25, 0.3) is 11.1 Å². The van der Waals surface area contributed by atoms with Crippen molar-refractivity contribution in [1.29, 1.82) is 0 Å². The highest BCUT2D eigenvalue weighted by Crippen LogP contribution is 2.33. The molecule has 0 bridgehead atoms. The lowest BCUT2D eigenvalue weighted by Gasteiger charge is -2.10. The minimum atomic E-state index is -1.24. The molecule has 6 heteroatoms. The molecule has 1 heterocycles. The van der Waals surface area contributed by atoms with Gasteiger partial charge in [-0.05, 0) is 42.5 Å². The van der Waals surface area contributed by atoms with E-state index in [-0.39, 0.29) is 0 Å². The predicted molar refractivity (Wildman–Crippen MR) is 103 cm³/mol. The van der Waals surface area contributed by atoms with Crippen molar-refractivity contribution >= 4 is 33.9 Å². The van der Waals surface area contributed by atoms with Gasteiger partial charge in [-0.15, -0.1) is 23.1 Å². The van der Waals surface area contributed by atoms with Gasteiger partial charge in [0.25, 0.3) is 0 Å². The van der Waals surface area contributed by atoms with Crippen LogP contribution in [0.3, 0.4) is 0 Å². The van der Waals surface area contributed by atoms with Gasteiger partial charge in [-0.2, -0.15) is 0 Å². The van der Waals surface area contributed by atoms with Gasteiger partial charge >= 0.3 is 0 Å². The van der Waals surface area contributed by atoms with Crippen LogP contribution in [0, 0.1) is 6.92 Å². The first-order chi connectivity index (χ1) is 11.6. The maximum Gasteiger partial charge on any atom is 0.116 e. The van der Waals surface area contributed by atoms with Crippen LogP contribution >= 0.6 is 23.1 Å². The summed E-state index contributed by atoms with van der Waals surface area (Å²) in [5.41, 5.74) is 9.07. The summed E-state index contributed by atoms with van der Waals surface area (Å²) in [4.78, 5) is 6.16. The van der Waals surface area contributed by atoms with Gasteiger partial charge in [-0.1, -0.05) is 29.8 Å². The summed E-state index contributed by atoms with van der Waals surface area (Å²) < 4.78 is 13.6. The molecule has 0 spiro atoms. The van der Waals surface area contributed by atoms with Crippen molar-refractivity contribution < 1.29 is 4.21 Å². The monoisotopic (exact) mass is 374 g/mol. The molecule has 1 atom stereocenters. The first-order valence-electron chi connectivity index (χ1n) is 7.44. The molecule has 0 fully saturated rings. The molecule has 2 N–H and O–H groups in total. The Morgan fingerprint density at radius 2 is 1.96 bits per heavy atom. The summed E-state index contributed by atoms with van der Waals surface area (Å²) in [6, 6.07) is 14.4. The molecule has 3 aromatic rings. The average molecular weight is 375 g/mol. The van der Waals surface area contributed by atoms with Gasteiger partial charge < -0.3 is 5.73 Å². The van der Waals surface area contributed by atoms with E-state index in [0.29, 0.717) is 6.54 Å². The highest BCUT2D eigenvalue weighted by Gasteiger charge is 2.14. The van der Waals surface area contributed by atoms with Crippen LogP contribution in [0.15, 0.2) is 62.7 Å². The number of thiazole rings is 1. The number of benzene rings is 2. The van der Waals surface area contributed by atoms with E-state index in [2.05, 4.69) is 42.4 Å². The molecule has 3 rings (SSSR count). The molecule has 0 saturated heterocycles. The van der Waals surface area contributed by atoms with Crippen molar-refractivity contribution in [1.82, 2.24) is 4.98 Å². The van der Waals surface area contributed by atoms with E-state index in [1.54, 1.807) is 18.0 Å². The van der Waals surface area contributed by atoms with Gasteiger partial charge in [0, 0.05) is 16.3 Å². The summed E-state index contributed by atoms with van der Waals surface area (Å²) in [5, 5.41) is 0.804. The van der Waals surface area contributed by atoms with Gasteiger partial charge in [0.1, 0.15) is 9.22 Å². The lowest BCUT2D eigenvalue weighted by molar-refractivity contribution is 0.684. The van der Waals surface area contributed by atoms with E-state index in [1.807, 2.05) is 18.2 Å². The van der Waals surface area contributed by atoms with Crippen molar-refractivity contribution in [3.63, 3.8) is 0 Å². The Labute approximate surface area is 152 Å². The lowest BCUT2D eigenvalue weighted by atomic mass is 10.0. The highest BCUT2D eigenvalue weighted by molar-refractivity contribution is 7.98. The summed E-state index contributed by atoms with van der Waals surface area (Å²) in [6.45, 7) is 2.45. The number of rotatable bonds is 5. The first kappa shape index (κ1) is 17.4. The second-order valence-corrected chi connectivity index (χ2v) is 8.94. The number of aromatic nitrogens is 1. The van der Waals surface area contributed by atoms with Crippen LogP contribution in [0.2, 0.25) is 0 Å². The predicted octanol–water partition coefficient (Wildman–Crippen LogP) is 4.47. The third-order valence-corrected chi connectivity index (χ3v) is 7.10. The Hall–Kier alpha value is -1.47. The fraction of sp³-hybridized carbons (Fsp3) is 0.167. The van der Waals surface area contributed by atoms with Gasteiger partial charge in [0.15, 0.2) is 0 Å². The molecule has 0 saturated carbocycles. The molecule has 1 aromatic heterocycles. The summed E-state index contributed by atoms with van der Waals surface area (Å²) >= 11 is 3.10. The van der Waals surface area contributed by atoms with E-state index >= 15 is 0 Å². The summed E-state index contributed by atoms with van der Waals surface area (Å²) in [7, 11) is -1.24. The van der Waals surface area contributed by atoms with Crippen molar-refractivity contribution in [3.8, 4) is 11.1 Å². The Morgan fingerprint density at radius 3 is 2.58 bits per heavy atom. The average Bonchev–Trinajstić information content (AvgIpc) is 3.10. The van der Waals surface area contributed by atoms with Crippen molar-refractivity contribution in [3.05, 3.63) is 59.2 Å². The highest BCUT2D eigenvalue weighted by atomic mass is 32.2. The SMILES string of the molecule is CSc1ccc(S(=O)c2cnc(CN)s2)cc1-c1ccc(C)cc1. The standard InChI is InChI=1S/C18H18N2OS3/c1-12-3-5-13(6-4-12)15-9-14(7-8-16(15)22-2)24(21)18-11-20-17(10-19)23-18/h3-9,11H,10,19H2,1-2H3. The van der Waals surface area contributed by atoms with Crippen molar-refractivity contribution in [2.24, 2.45) is 5.73 Å². The molecule has 0 amide bonds. The molecule has 124 valence electrons. The molecule has 0 aliphatic rings. The van der Waals surface area contributed by atoms with E-state index in [4.69, 9.17) is 5.73 Å². The van der Waals surface area contributed by atoms with Crippen molar-refractivity contribution in [2.75, 3.05) is 6.26 Å². The number of aryl methyl sites for hydroxylation is 1. The van der Waals surface area contributed by atoms with Crippen LogP contribution in [-0.2, 0) is 17.3 Å². The second-order valence-electron chi connectivity index (χ2n) is 5.27. The maximum absolute atomic E-state index is 12.8. The minimum Gasteiger partial charge on any atom is -0.325 e. The normalized spacial score (nSPS) is 12.3. The van der Waals surface area contributed by atoms with E-state index in [0.717, 1.165) is 25.2 Å². The Kier molecular flexibility index (Phi) is 5.50. The van der Waals surface area contributed by atoms with Crippen LogP contribution in [0.5, 0.6) is 0 Å². The van der Waals surface area contributed by atoms with Gasteiger partial charge in [0.2, 0.25) is 0 Å². The third-order valence-electron chi connectivity index (χ3n) is 3.64. The zero-order chi connectivity index (χ0) is 17.1. The van der Waals surface area contributed by atoms with E-state index in [1.165, 1.54) is 21.8 Å². The van der Waals surface area contributed by atoms with Gasteiger partial charge in [-0.25, -0.2) is 9.19 Å². The number of nitrogens with two attached hydrogens (primary N) is 1. The van der Waals surface area contributed by atoms with E-state index < -0.39 is 10.8 Å². The third kappa shape index (κ3) is 3.62. The second kappa shape index (κ2) is 7.61. The van der Waals surface area contributed by atoms with Crippen LogP contribution in [-0.4, -0.2) is 15.4 Å². The Bertz CT molecular complexity index is 872. The Morgan fingerprint density at radius 1 is 1.21 bits per heavy atom. The van der Waals surface area contributed by atoms with E-state index in [9.17, 15) is 4.21 Å². The fourth-order valence-electron chi connectivity index (χ4n) is 2.35. The number of hydrogen-bond donors (Lipinski definition) is 1. The van der Waals surface area contributed by atoms with Crippen LogP contribution < -0.4 is 5.73 Å². The maximum atomic E-state index is 12.8. The molecule has 24 heavy (non-hydrogen) atoms. The van der Waals surface area contributed by atoms with Crippen LogP contribution in [0.4, 0.5) is 0 Å². The molecule has 0 aliphatic heterocycles. The smallest absolute Gasteiger partial charge is 0.116 e. The first-order valence-corrected chi connectivity index (χ1v) is 10.6. The largest absolute Gasteiger partial charge is 0.325 e. The molecular weight excluding hydrogens is 356 g/mol. The molecular formula is C18H18N2OS3. The minimum absolute atomic E-state index is 0.377. The van der Waals surface area contributed by atoms with Crippen molar-refractivity contribution in [2.45, 2.75) is 27.5 Å². The fourth-order valence-corrected chi connectivity index (χ4v) is 5.16. The zero-order valence-electron chi connectivity index (χ0n) is 13.5. The zero-order valence-corrected chi connectivity index (χ0v) is 15.9. The Balaban J connectivity index is 2.02. The quantitative estimate of drug-likeness (QED) is 0.670. The summed E-state index contributed by atoms with van der Waals surface area (Å²) in [5.74, 6) is 0.